The zero-order valence-electron chi connectivity index (χ0n) is 8.53. The lowest BCUT2D eigenvalue weighted by Gasteiger charge is -2.12. The standard InChI is InChI=1S/C11H8BrF2NOS/c12-10-6(1-2-7(13)11(10)14)8(16)5-9-15-3-4-17-9/h1-4,8,16H,5H2. The van der Waals surface area contributed by atoms with Crippen molar-refractivity contribution in [3.8, 4) is 0 Å². The highest BCUT2D eigenvalue weighted by Gasteiger charge is 2.18. The summed E-state index contributed by atoms with van der Waals surface area (Å²) in [7, 11) is 0. The van der Waals surface area contributed by atoms with Crippen LogP contribution in [0.4, 0.5) is 8.78 Å². The number of rotatable bonds is 3. The Morgan fingerprint density at radius 3 is 2.82 bits per heavy atom. The van der Waals surface area contributed by atoms with Gasteiger partial charge in [0.05, 0.1) is 15.6 Å². The summed E-state index contributed by atoms with van der Waals surface area (Å²) in [6.07, 6.45) is 1.000. The summed E-state index contributed by atoms with van der Waals surface area (Å²) in [6, 6.07) is 2.36. The molecule has 1 aromatic heterocycles. The van der Waals surface area contributed by atoms with E-state index in [0.29, 0.717) is 5.56 Å². The van der Waals surface area contributed by atoms with Gasteiger partial charge in [0, 0.05) is 18.0 Å². The van der Waals surface area contributed by atoms with Crippen LogP contribution in [0.2, 0.25) is 0 Å². The van der Waals surface area contributed by atoms with Crippen LogP contribution in [0.15, 0.2) is 28.2 Å². The van der Waals surface area contributed by atoms with E-state index >= 15 is 0 Å². The Hall–Kier alpha value is -0.850. The third-order valence-electron chi connectivity index (χ3n) is 2.28. The van der Waals surface area contributed by atoms with Gasteiger partial charge < -0.3 is 5.11 Å². The normalized spacial score (nSPS) is 12.7. The fourth-order valence-corrected chi connectivity index (χ4v) is 2.67. The molecule has 2 nitrogen and oxygen atoms in total. The number of nitrogens with zero attached hydrogens (tertiary/aromatic N) is 1. The molecule has 0 aliphatic heterocycles. The number of halogens is 3. The monoisotopic (exact) mass is 319 g/mol. The van der Waals surface area contributed by atoms with Crippen LogP contribution in [0, 0.1) is 11.6 Å². The second-order valence-electron chi connectivity index (χ2n) is 3.41. The van der Waals surface area contributed by atoms with E-state index in [9.17, 15) is 13.9 Å². The highest BCUT2D eigenvalue weighted by atomic mass is 79.9. The minimum atomic E-state index is -0.985. The van der Waals surface area contributed by atoms with E-state index in [1.807, 2.05) is 0 Å². The number of hydrogen-bond donors (Lipinski definition) is 1. The Bertz CT molecular complexity index is 518. The predicted octanol–water partition coefficient (Wildman–Crippen LogP) is 3.46. The lowest BCUT2D eigenvalue weighted by molar-refractivity contribution is 0.177. The van der Waals surface area contributed by atoms with Crippen LogP contribution in [0.25, 0.3) is 0 Å². The van der Waals surface area contributed by atoms with E-state index in [0.717, 1.165) is 11.1 Å². The maximum Gasteiger partial charge on any atom is 0.173 e. The summed E-state index contributed by atoms with van der Waals surface area (Å²) in [4.78, 5) is 4.03. The number of benzene rings is 1. The summed E-state index contributed by atoms with van der Waals surface area (Å²) in [5.74, 6) is -1.93. The minimum absolute atomic E-state index is 0.0402. The Balaban J connectivity index is 2.25. The molecule has 2 aromatic rings. The number of aliphatic hydroxyl groups is 1. The number of aliphatic hydroxyl groups excluding tert-OH is 1. The van der Waals surface area contributed by atoms with Crippen molar-refractivity contribution in [2.45, 2.75) is 12.5 Å². The topological polar surface area (TPSA) is 33.1 Å². The van der Waals surface area contributed by atoms with Crippen molar-refractivity contribution < 1.29 is 13.9 Å². The van der Waals surface area contributed by atoms with Crippen molar-refractivity contribution in [3.05, 3.63) is 50.4 Å². The summed E-state index contributed by atoms with van der Waals surface area (Å²) in [5, 5.41) is 12.5. The molecular formula is C11H8BrF2NOS. The van der Waals surface area contributed by atoms with Crippen molar-refractivity contribution >= 4 is 27.3 Å². The number of hydrogen-bond acceptors (Lipinski definition) is 3. The second-order valence-corrected chi connectivity index (χ2v) is 5.18. The first-order valence-corrected chi connectivity index (χ1v) is 6.46. The summed E-state index contributed by atoms with van der Waals surface area (Å²) in [5.41, 5.74) is 0.319. The molecule has 1 atom stereocenters. The molecule has 0 aliphatic rings. The molecule has 1 unspecified atom stereocenters. The van der Waals surface area contributed by atoms with E-state index in [1.165, 1.54) is 17.4 Å². The van der Waals surface area contributed by atoms with Gasteiger partial charge in [0.1, 0.15) is 0 Å². The van der Waals surface area contributed by atoms with Crippen LogP contribution < -0.4 is 0 Å². The van der Waals surface area contributed by atoms with E-state index in [2.05, 4.69) is 20.9 Å². The molecule has 0 fully saturated rings. The zero-order valence-corrected chi connectivity index (χ0v) is 10.9. The van der Waals surface area contributed by atoms with Gasteiger partial charge in [-0.1, -0.05) is 6.07 Å². The highest BCUT2D eigenvalue weighted by Crippen LogP contribution is 2.29. The fraction of sp³-hybridized carbons (Fsp3) is 0.182. The molecule has 0 amide bonds. The zero-order chi connectivity index (χ0) is 12.4. The van der Waals surface area contributed by atoms with Gasteiger partial charge in [-0.3, -0.25) is 0 Å². The lowest BCUT2D eigenvalue weighted by atomic mass is 10.1. The number of aromatic nitrogens is 1. The van der Waals surface area contributed by atoms with Crippen LogP contribution in [0.3, 0.4) is 0 Å². The van der Waals surface area contributed by atoms with E-state index in [1.54, 1.807) is 11.6 Å². The maximum atomic E-state index is 13.3. The molecule has 0 bridgehead atoms. The van der Waals surface area contributed by atoms with Crippen molar-refractivity contribution in [1.29, 1.82) is 0 Å². The lowest BCUT2D eigenvalue weighted by Crippen LogP contribution is -2.04. The molecule has 17 heavy (non-hydrogen) atoms. The van der Waals surface area contributed by atoms with Crippen LogP contribution in [0.1, 0.15) is 16.7 Å². The van der Waals surface area contributed by atoms with Crippen LogP contribution in [-0.4, -0.2) is 10.1 Å². The molecule has 0 spiro atoms. The van der Waals surface area contributed by atoms with Crippen LogP contribution >= 0.6 is 27.3 Å². The molecule has 0 saturated carbocycles. The van der Waals surface area contributed by atoms with Crippen LogP contribution in [-0.2, 0) is 6.42 Å². The molecule has 1 aromatic carbocycles. The van der Waals surface area contributed by atoms with E-state index in [4.69, 9.17) is 0 Å². The first-order valence-electron chi connectivity index (χ1n) is 4.79. The van der Waals surface area contributed by atoms with Gasteiger partial charge in [0.25, 0.3) is 0 Å². The van der Waals surface area contributed by atoms with Gasteiger partial charge in [0.15, 0.2) is 11.6 Å². The Kier molecular flexibility index (Phi) is 3.86. The average molecular weight is 320 g/mol. The van der Waals surface area contributed by atoms with Gasteiger partial charge in [0.2, 0.25) is 0 Å². The average Bonchev–Trinajstić information content (AvgIpc) is 2.78. The van der Waals surface area contributed by atoms with Crippen LogP contribution in [0.5, 0.6) is 0 Å². The fourth-order valence-electron chi connectivity index (χ4n) is 1.43. The Morgan fingerprint density at radius 2 is 2.18 bits per heavy atom. The largest absolute Gasteiger partial charge is 0.388 e. The van der Waals surface area contributed by atoms with E-state index < -0.39 is 17.7 Å². The first-order chi connectivity index (χ1) is 8.09. The predicted molar refractivity (Wildman–Crippen MR) is 64.8 cm³/mol. The quantitative estimate of drug-likeness (QED) is 0.879. The molecular weight excluding hydrogens is 312 g/mol. The van der Waals surface area contributed by atoms with Gasteiger partial charge in [-0.05, 0) is 27.6 Å². The molecule has 0 aliphatic carbocycles. The minimum Gasteiger partial charge on any atom is -0.388 e. The highest BCUT2D eigenvalue weighted by molar-refractivity contribution is 9.10. The van der Waals surface area contributed by atoms with Crippen molar-refractivity contribution in [3.63, 3.8) is 0 Å². The molecule has 1 N–H and O–H groups in total. The van der Waals surface area contributed by atoms with E-state index in [-0.39, 0.29) is 10.9 Å². The molecule has 0 radical (unpaired) electrons. The summed E-state index contributed by atoms with van der Waals surface area (Å²) >= 11 is 4.35. The van der Waals surface area contributed by atoms with Gasteiger partial charge in [-0.15, -0.1) is 11.3 Å². The molecule has 90 valence electrons. The van der Waals surface area contributed by atoms with Gasteiger partial charge in [-0.2, -0.15) is 0 Å². The smallest absolute Gasteiger partial charge is 0.173 e. The Labute approximate surface area is 109 Å². The molecule has 1 heterocycles. The van der Waals surface area contributed by atoms with Gasteiger partial charge >= 0.3 is 0 Å². The maximum absolute atomic E-state index is 13.3. The molecule has 2 rings (SSSR count). The SMILES string of the molecule is OC(Cc1nccs1)c1ccc(F)c(F)c1Br. The molecule has 0 saturated heterocycles. The number of thiazole rings is 1. The third kappa shape index (κ3) is 2.70. The van der Waals surface area contributed by atoms with Crippen molar-refractivity contribution in [1.82, 2.24) is 4.98 Å². The second kappa shape index (κ2) is 5.20. The first kappa shape index (κ1) is 12.6. The Morgan fingerprint density at radius 1 is 1.41 bits per heavy atom. The summed E-state index contributed by atoms with van der Waals surface area (Å²) in [6.45, 7) is 0. The summed E-state index contributed by atoms with van der Waals surface area (Å²) < 4.78 is 26.1. The van der Waals surface area contributed by atoms with Crippen molar-refractivity contribution in [2.24, 2.45) is 0 Å². The molecule has 6 heteroatoms. The van der Waals surface area contributed by atoms with Gasteiger partial charge in [-0.25, -0.2) is 13.8 Å². The third-order valence-corrected chi connectivity index (χ3v) is 3.88. The van der Waals surface area contributed by atoms with Crippen molar-refractivity contribution in [2.75, 3.05) is 0 Å².